The summed E-state index contributed by atoms with van der Waals surface area (Å²) in [6, 6.07) is 6.96. The van der Waals surface area contributed by atoms with E-state index in [1.54, 1.807) is 0 Å². The van der Waals surface area contributed by atoms with Gasteiger partial charge in [-0.1, -0.05) is 45.4 Å². The quantitative estimate of drug-likeness (QED) is 0.879. The van der Waals surface area contributed by atoms with Crippen LogP contribution in [0.4, 0.5) is 0 Å². The van der Waals surface area contributed by atoms with E-state index >= 15 is 0 Å². The Morgan fingerprint density at radius 1 is 1.32 bits per heavy atom. The first-order valence-electron chi connectivity index (χ1n) is 7.39. The molecule has 1 aromatic rings. The van der Waals surface area contributed by atoms with Gasteiger partial charge >= 0.3 is 0 Å². The highest BCUT2D eigenvalue weighted by Gasteiger charge is 2.30. The highest BCUT2D eigenvalue weighted by Crippen LogP contribution is 2.38. The monoisotopic (exact) mass is 261 g/mol. The van der Waals surface area contributed by atoms with Gasteiger partial charge in [0.15, 0.2) is 0 Å². The first-order chi connectivity index (χ1) is 8.89. The van der Waals surface area contributed by atoms with Crippen LogP contribution in [0.25, 0.3) is 0 Å². The molecule has 106 valence electrons. The van der Waals surface area contributed by atoms with Gasteiger partial charge in [-0.2, -0.15) is 0 Å². The predicted molar refractivity (Wildman–Crippen MR) is 80.7 cm³/mol. The molecule has 0 saturated carbocycles. The van der Waals surface area contributed by atoms with Crippen molar-refractivity contribution in [1.82, 2.24) is 5.32 Å². The minimum absolute atomic E-state index is 0.309. The number of fused-ring (bicyclic) bond motifs is 1. The highest BCUT2D eigenvalue weighted by molar-refractivity contribution is 5.40. The van der Waals surface area contributed by atoms with Gasteiger partial charge in [-0.25, -0.2) is 0 Å². The van der Waals surface area contributed by atoms with Crippen LogP contribution in [0.2, 0.25) is 0 Å². The zero-order chi connectivity index (χ0) is 14.0. The van der Waals surface area contributed by atoms with Crippen LogP contribution in [0.1, 0.15) is 57.7 Å². The lowest BCUT2D eigenvalue weighted by Crippen LogP contribution is -2.35. The molecule has 2 unspecified atom stereocenters. The summed E-state index contributed by atoms with van der Waals surface area (Å²) in [7, 11) is 0. The van der Waals surface area contributed by atoms with Crippen LogP contribution in [0.5, 0.6) is 5.75 Å². The second-order valence-corrected chi connectivity index (χ2v) is 6.89. The summed E-state index contributed by atoms with van der Waals surface area (Å²) in [5, 5.41) is 3.60. The minimum atomic E-state index is 0.309. The SMILES string of the molecule is CCNC1CC(CC(C)(C)C)Oc2ccc(C)cc21. The molecule has 2 rings (SSSR count). The maximum atomic E-state index is 6.20. The second kappa shape index (κ2) is 5.54. The Morgan fingerprint density at radius 3 is 2.68 bits per heavy atom. The fourth-order valence-corrected chi connectivity index (χ4v) is 2.91. The van der Waals surface area contributed by atoms with Crippen LogP contribution >= 0.6 is 0 Å². The van der Waals surface area contributed by atoms with Crippen LogP contribution in [-0.4, -0.2) is 12.6 Å². The second-order valence-electron chi connectivity index (χ2n) is 6.89. The summed E-state index contributed by atoms with van der Waals surface area (Å²) < 4.78 is 6.20. The van der Waals surface area contributed by atoms with Gasteiger partial charge in [0.05, 0.1) is 0 Å². The standard InChI is InChI=1S/C17H27NO/c1-6-18-15-10-13(11-17(3,4)5)19-16-8-7-12(2)9-14(15)16/h7-9,13,15,18H,6,10-11H2,1-5H3. The molecule has 1 heterocycles. The summed E-state index contributed by atoms with van der Waals surface area (Å²) in [5.74, 6) is 1.07. The molecule has 0 aromatic heterocycles. The van der Waals surface area contributed by atoms with E-state index in [1.807, 2.05) is 0 Å². The summed E-state index contributed by atoms with van der Waals surface area (Å²) in [6.07, 6.45) is 2.49. The van der Waals surface area contributed by atoms with Crippen molar-refractivity contribution in [2.45, 2.75) is 59.6 Å². The summed E-state index contributed by atoms with van der Waals surface area (Å²) in [5.41, 5.74) is 2.94. The Labute approximate surface area is 117 Å². The molecule has 2 nitrogen and oxygen atoms in total. The van der Waals surface area contributed by atoms with Crippen LogP contribution in [-0.2, 0) is 0 Å². The van der Waals surface area contributed by atoms with E-state index in [0.29, 0.717) is 17.6 Å². The van der Waals surface area contributed by atoms with Crippen molar-refractivity contribution < 1.29 is 4.74 Å². The number of aryl methyl sites for hydroxylation is 1. The maximum Gasteiger partial charge on any atom is 0.124 e. The predicted octanol–water partition coefficient (Wildman–Crippen LogP) is 4.23. The molecule has 2 heteroatoms. The zero-order valence-electron chi connectivity index (χ0n) is 12.9. The first kappa shape index (κ1) is 14.4. The van der Waals surface area contributed by atoms with Gasteiger partial charge in [0, 0.05) is 18.0 Å². The third-order valence-corrected chi connectivity index (χ3v) is 3.62. The molecule has 1 aliphatic rings. The van der Waals surface area contributed by atoms with Crippen molar-refractivity contribution in [3.8, 4) is 5.75 Å². The molecule has 0 radical (unpaired) electrons. The van der Waals surface area contributed by atoms with Gasteiger partial charge < -0.3 is 10.1 Å². The largest absolute Gasteiger partial charge is 0.490 e. The lowest BCUT2D eigenvalue weighted by Gasteiger charge is -2.35. The molecule has 2 atom stereocenters. The highest BCUT2D eigenvalue weighted by atomic mass is 16.5. The number of ether oxygens (including phenoxy) is 1. The van der Waals surface area contributed by atoms with E-state index in [4.69, 9.17) is 4.74 Å². The van der Waals surface area contributed by atoms with Crippen molar-refractivity contribution in [2.75, 3.05) is 6.54 Å². The Hall–Kier alpha value is -1.02. The number of hydrogen-bond donors (Lipinski definition) is 1. The molecule has 0 spiro atoms. The van der Waals surface area contributed by atoms with Gasteiger partial charge in [0.2, 0.25) is 0 Å². The van der Waals surface area contributed by atoms with Crippen molar-refractivity contribution >= 4 is 0 Å². The summed E-state index contributed by atoms with van der Waals surface area (Å²) in [6.45, 7) is 12.2. The maximum absolute atomic E-state index is 6.20. The Kier molecular flexibility index (Phi) is 4.19. The fraction of sp³-hybridized carbons (Fsp3) is 0.647. The van der Waals surface area contributed by atoms with Gasteiger partial charge in [-0.05, 0) is 31.4 Å². The van der Waals surface area contributed by atoms with Crippen LogP contribution in [0, 0.1) is 12.3 Å². The third kappa shape index (κ3) is 3.73. The Balaban J connectivity index is 2.23. The summed E-state index contributed by atoms with van der Waals surface area (Å²) >= 11 is 0. The van der Waals surface area contributed by atoms with E-state index in [0.717, 1.165) is 25.1 Å². The molecule has 1 aromatic carbocycles. The number of hydrogen-bond acceptors (Lipinski definition) is 2. The number of nitrogens with one attached hydrogen (secondary N) is 1. The summed E-state index contributed by atoms with van der Waals surface area (Å²) in [4.78, 5) is 0. The molecule has 19 heavy (non-hydrogen) atoms. The molecule has 0 saturated heterocycles. The van der Waals surface area contributed by atoms with Gasteiger partial charge in [0.25, 0.3) is 0 Å². The molecular formula is C17H27NO. The fourth-order valence-electron chi connectivity index (χ4n) is 2.91. The van der Waals surface area contributed by atoms with E-state index < -0.39 is 0 Å². The third-order valence-electron chi connectivity index (χ3n) is 3.62. The molecule has 0 fully saturated rings. The number of rotatable bonds is 3. The molecular weight excluding hydrogens is 234 g/mol. The smallest absolute Gasteiger partial charge is 0.124 e. The molecule has 1 N–H and O–H groups in total. The van der Waals surface area contributed by atoms with Crippen LogP contribution in [0.3, 0.4) is 0 Å². The Bertz CT molecular complexity index is 433. The molecule has 0 aliphatic carbocycles. The molecule has 1 aliphatic heterocycles. The average molecular weight is 261 g/mol. The van der Waals surface area contributed by atoms with E-state index in [2.05, 4.69) is 58.1 Å². The number of benzene rings is 1. The lowest BCUT2D eigenvalue weighted by atomic mass is 9.84. The van der Waals surface area contributed by atoms with E-state index in [1.165, 1.54) is 11.1 Å². The normalized spacial score (nSPS) is 22.8. The molecule has 0 amide bonds. The average Bonchev–Trinajstić information content (AvgIpc) is 2.28. The van der Waals surface area contributed by atoms with Crippen LogP contribution < -0.4 is 10.1 Å². The van der Waals surface area contributed by atoms with Crippen molar-refractivity contribution in [3.05, 3.63) is 29.3 Å². The van der Waals surface area contributed by atoms with Crippen LogP contribution in [0.15, 0.2) is 18.2 Å². The minimum Gasteiger partial charge on any atom is -0.490 e. The van der Waals surface area contributed by atoms with E-state index in [-0.39, 0.29) is 0 Å². The van der Waals surface area contributed by atoms with Crippen molar-refractivity contribution in [1.29, 1.82) is 0 Å². The zero-order valence-corrected chi connectivity index (χ0v) is 12.9. The first-order valence-corrected chi connectivity index (χ1v) is 7.39. The van der Waals surface area contributed by atoms with E-state index in [9.17, 15) is 0 Å². The Morgan fingerprint density at radius 2 is 2.05 bits per heavy atom. The van der Waals surface area contributed by atoms with Gasteiger partial charge in [-0.15, -0.1) is 0 Å². The lowest BCUT2D eigenvalue weighted by molar-refractivity contribution is 0.106. The topological polar surface area (TPSA) is 21.3 Å². The van der Waals surface area contributed by atoms with Crippen molar-refractivity contribution in [3.63, 3.8) is 0 Å². The van der Waals surface area contributed by atoms with Crippen molar-refractivity contribution in [2.24, 2.45) is 5.41 Å². The van der Waals surface area contributed by atoms with Gasteiger partial charge in [0.1, 0.15) is 11.9 Å². The van der Waals surface area contributed by atoms with Gasteiger partial charge in [-0.3, -0.25) is 0 Å². The molecule has 0 bridgehead atoms.